The molecule has 1 aromatic carbocycles. The summed E-state index contributed by atoms with van der Waals surface area (Å²) in [4.78, 5) is 22.6. The van der Waals surface area contributed by atoms with Crippen molar-refractivity contribution in [2.45, 2.75) is 25.8 Å². The third kappa shape index (κ3) is 6.12. The number of ether oxygens (including phenoxy) is 1. The van der Waals surface area contributed by atoms with Crippen LogP contribution >= 0.6 is 0 Å². The lowest BCUT2D eigenvalue weighted by atomic mass is 10.1. The van der Waals surface area contributed by atoms with Crippen LogP contribution in [0.15, 0.2) is 36.4 Å². The van der Waals surface area contributed by atoms with Crippen LogP contribution in [0.3, 0.4) is 0 Å². The van der Waals surface area contributed by atoms with Crippen LogP contribution < -0.4 is 15.4 Å². The van der Waals surface area contributed by atoms with Gasteiger partial charge in [-0.3, -0.25) is 9.59 Å². The largest absolute Gasteiger partial charge is 0.497 e. The molecule has 0 unspecified atom stereocenters. The Hall–Kier alpha value is -2.30. The van der Waals surface area contributed by atoms with Crippen molar-refractivity contribution in [3.05, 3.63) is 42.0 Å². The second-order valence-electron chi connectivity index (χ2n) is 4.92. The Morgan fingerprint density at radius 3 is 2.57 bits per heavy atom. The van der Waals surface area contributed by atoms with Gasteiger partial charge in [0.2, 0.25) is 6.41 Å². The quantitative estimate of drug-likeness (QED) is 0.539. The highest BCUT2D eigenvalue weighted by Gasteiger charge is 2.11. The van der Waals surface area contributed by atoms with E-state index in [4.69, 9.17) is 4.74 Å². The van der Waals surface area contributed by atoms with Crippen LogP contribution in [-0.2, 0) is 4.79 Å². The number of carbonyl (C=O) groups is 2. The maximum absolute atomic E-state index is 12.0. The first-order valence-corrected chi connectivity index (χ1v) is 6.83. The molecule has 0 radical (unpaired) electrons. The molecule has 5 nitrogen and oxygen atoms in total. The summed E-state index contributed by atoms with van der Waals surface area (Å²) in [5.41, 5.74) is 1.61. The fourth-order valence-electron chi connectivity index (χ4n) is 1.82. The molecule has 0 aliphatic carbocycles. The number of hydrogen-bond donors (Lipinski definition) is 2. The molecule has 0 heterocycles. The summed E-state index contributed by atoms with van der Waals surface area (Å²) >= 11 is 0. The van der Waals surface area contributed by atoms with Crippen molar-refractivity contribution >= 4 is 12.3 Å². The van der Waals surface area contributed by atoms with Crippen molar-refractivity contribution in [1.82, 2.24) is 10.6 Å². The van der Waals surface area contributed by atoms with Crippen LogP contribution in [0.1, 0.15) is 30.1 Å². The van der Waals surface area contributed by atoms with E-state index in [1.165, 1.54) is 0 Å². The van der Waals surface area contributed by atoms with Gasteiger partial charge in [0.1, 0.15) is 5.75 Å². The Kier molecular flexibility index (Phi) is 7.01. The second kappa shape index (κ2) is 8.79. The SMILES string of the molecule is C=C(C)CC[C@@H](CNC(=O)c1ccc(OC)cc1)NC=O. The molecule has 0 aliphatic rings. The van der Waals surface area contributed by atoms with Gasteiger partial charge in [0.05, 0.1) is 7.11 Å². The summed E-state index contributed by atoms with van der Waals surface area (Å²) in [5, 5.41) is 5.52. The molecule has 2 N–H and O–H groups in total. The van der Waals surface area contributed by atoms with Crippen molar-refractivity contribution in [1.29, 1.82) is 0 Å². The van der Waals surface area contributed by atoms with Crippen LogP contribution in [0, 0.1) is 0 Å². The van der Waals surface area contributed by atoms with Crippen LogP contribution in [0.5, 0.6) is 5.75 Å². The first kappa shape index (κ1) is 16.8. The summed E-state index contributed by atoms with van der Waals surface area (Å²) in [5.74, 6) is 0.527. The molecular weight excluding hydrogens is 268 g/mol. The first-order valence-electron chi connectivity index (χ1n) is 6.83. The van der Waals surface area contributed by atoms with Crippen molar-refractivity contribution in [3.63, 3.8) is 0 Å². The van der Waals surface area contributed by atoms with Crippen LogP contribution in [0.2, 0.25) is 0 Å². The van der Waals surface area contributed by atoms with Gasteiger partial charge < -0.3 is 15.4 Å². The predicted octanol–water partition coefficient (Wildman–Crippen LogP) is 1.90. The van der Waals surface area contributed by atoms with Gasteiger partial charge >= 0.3 is 0 Å². The highest BCUT2D eigenvalue weighted by Crippen LogP contribution is 2.11. The van der Waals surface area contributed by atoms with E-state index < -0.39 is 0 Å². The lowest BCUT2D eigenvalue weighted by Gasteiger charge is -2.17. The third-order valence-electron chi connectivity index (χ3n) is 3.08. The Labute approximate surface area is 125 Å². The molecule has 5 heteroatoms. The van der Waals surface area contributed by atoms with E-state index in [0.717, 1.165) is 18.4 Å². The lowest BCUT2D eigenvalue weighted by molar-refractivity contribution is -0.110. The Balaban J connectivity index is 2.51. The Bertz CT molecular complexity index is 483. The van der Waals surface area contributed by atoms with Gasteiger partial charge in [0, 0.05) is 18.2 Å². The molecule has 0 aromatic heterocycles. The van der Waals surface area contributed by atoms with E-state index in [9.17, 15) is 9.59 Å². The highest BCUT2D eigenvalue weighted by atomic mass is 16.5. The fourth-order valence-corrected chi connectivity index (χ4v) is 1.82. The molecule has 0 spiro atoms. The van der Waals surface area contributed by atoms with Crippen molar-refractivity contribution in [2.24, 2.45) is 0 Å². The standard InChI is InChI=1S/C16H22N2O3/c1-12(2)4-7-14(18-11-19)10-17-16(20)13-5-8-15(21-3)9-6-13/h5-6,8-9,11,14H,1,4,7,10H2,2-3H3,(H,17,20)(H,18,19)/t14-/m0/s1. The van der Waals surface area contributed by atoms with Crippen molar-refractivity contribution < 1.29 is 14.3 Å². The molecular formula is C16H22N2O3. The van der Waals surface area contributed by atoms with E-state index in [2.05, 4.69) is 17.2 Å². The minimum atomic E-state index is -0.175. The number of hydrogen-bond acceptors (Lipinski definition) is 3. The van der Waals surface area contributed by atoms with E-state index in [1.807, 2.05) is 6.92 Å². The molecule has 0 bridgehead atoms. The summed E-state index contributed by atoms with van der Waals surface area (Å²) in [6.45, 7) is 6.16. The van der Waals surface area contributed by atoms with Crippen LogP contribution in [0.25, 0.3) is 0 Å². The van der Waals surface area contributed by atoms with Crippen molar-refractivity contribution in [2.75, 3.05) is 13.7 Å². The maximum atomic E-state index is 12.0. The summed E-state index contributed by atoms with van der Waals surface area (Å²) < 4.78 is 5.04. The average Bonchev–Trinajstić information content (AvgIpc) is 2.49. The summed E-state index contributed by atoms with van der Waals surface area (Å²) in [6.07, 6.45) is 2.21. The number of methoxy groups -OCH3 is 1. The zero-order chi connectivity index (χ0) is 15.7. The van der Waals surface area contributed by atoms with E-state index in [0.29, 0.717) is 24.3 Å². The molecule has 1 rings (SSSR count). The van der Waals surface area contributed by atoms with Crippen LogP contribution in [0.4, 0.5) is 0 Å². The smallest absolute Gasteiger partial charge is 0.251 e. The molecule has 1 atom stereocenters. The van der Waals surface area contributed by atoms with Gasteiger partial charge in [0.25, 0.3) is 5.91 Å². The molecule has 1 aromatic rings. The number of amides is 2. The topological polar surface area (TPSA) is 67.4 Å². The monoisotopic (exact) mass is 290 g/mol. The Morgan fingerprint density at radius 1 is 1.38 bits per heavy atom. The highest BCUT2D eigenvalue weighted by molar-refractivity contribution is 5.94. The number of rotatable bonds is 9. The van der Waals surface area contributed by atoms with Gasteiger partial charge in [-0.1, -0.05) is 5.57 Å². The lowest BCUT2D eigenvalue weighted by Crippen LogP contribution is -2.40. The number of allylic oxidation sites excluding steroid dienone is 1. The molecule has 21 heavy (non-hydrogen) atoms. The number of carbonyl (C=O) groups excluding carboxylic acids is 2. The molecule has 114 valence electrons. The van der Waals surface area contributed by atoms with Gasteiger partial charge in [-0.25, -0.2) is 0 Å². The fraction of sp³-hybridized carbons (Fsp3) is 0.375. The second-order valence-corrected chi connectivity index (χ2v) is 4.92. The zero-order valence-corrected chi connectivity index (χ0v) is 12.5. The van der Waals surface area contributed by atoms with Gasteiger partial charge in [0.15, 0.2) is 0 Å². The predicted molar refractivity (Wildman–Crippen MR) is 82.4 cm³/mol. The van der Waals surface area contributed by atoms with Gasteiger partial charge in [-0.05, 0) is 44.0 Å². The van der Waals surface area contributed by atoms with E-state index in [1.54, 1.807) is 31.4 Å². The van der Waals surface area contributed by atoms with Gasteiger partial charge in [-0.15, -0.1) is 6.58 Å². The first-order chi connectivity index (χ1) is 10.1. The maximum Gasteiger partial charge on any atom is 0.251 e. The van der Waals surface area contributed by atoms with Crippen molar-refractivity contribution in [3.8, 4) is 5.75 Å². The Morgan fingerprint density at radius 2 is 2.05 bits per heavy atom. The average molecular weight is 290 g/mol. The third-order valence-corrected chi connectivity index (χ3v) is 3.08. The number of nitrogens with one attached hydrogen (secondary N) is 2. The molecule has 0 fully saturated rings. The zero-order valence-electron chi connectivity index (χ0n) is 12.5. The minimum Gasteiger partial charge on any atom is -0.497 e. The molecule has 2 amide bonds. The normalized spacial score (nSPS) is 11.3. The van der Waals surface area contributed by atoms with E-state index in [-0.39, 0.29) is 11.9 Å². The molecule has 0 aliphatic heterocycles. The van der Waals surface area contributed by atoms with E-state index >= 15 is 0 Å². The minimum absolute atomic E-state index is 0.0959. The molecule has 0 saturated carbocycles. The van der Waals surface area contributed by atoms with Gasteiger partial charge in [-0.2, -0.15) is 0 Å². The van der Waals surface area contributed by atoms with Crippen LogP contribution in [-0.4, -0.2) is 32.0 Å². The molecule has 0 saturated heterocycles. The summed E-state index contributed by atoms with van der Waals surface area (Å²) in [7, 11) is 1.58. The summed E-state index contributed by atoms with van der Waals surface area (Å²) in [6, 6.07) is 6.77. The number of benzene rings is 1.